The number of piperidine rings is 1. The highest BCUT2D eigenvalue weighted by Gasteiger charge is 2.25. The van der Waals surface area contributed by atoms with Crippen molar-refractivity contribution in [1.82, 2.24) is 10.2 Å². The van der Waals surface area contributed by atoms with Crippen LogP contribution in [0.1, 0.15) is 38.0 Å². The summed E-state index contributed by atoms with van der Waals surface area (Å²) in [5, 5.41) is 5.61. The van der Waals surface area contributed by atoms with Crippen molar-refractivity contribution >= 4 is 21.6 Å². The number of carbonyl (C=O) groups is 1. The molecule has 0 spiro atoms. The molecule has 2 aromatic rings. The van der Waals surface area contributed by atoms with E-state index in [4.69, 9.17) is 4.42 Å². The van der Waals surface area contributed by atoms with Gasteiger partial charge < -0.3 is 15.1 Å². The fourth-order valence-corrected chi connectivity index (χ4v) is 4.34. The first-order valence-electron chi connectivity index (χ1n) is 9.65. The first kappa shape index (κ1) is 20.4. The third kappa shape index (κ3) is 5.14. The molecule has 8 heteroatoms. The zero-order valence-electron chi connectivity index (χ0n) is 16.1. The minimum atomic E-state index is -3.32. The molecule has 2 amide bonds. The van der Waals surface area contributed by atoms with Gasteiger partial charge in [-0.25, -0.2) is 13.2 Å². The molecule has 1 unspecified atom stereocenters. The van der Waals surface area contributed by atoms with Crippen LogP contribution in [0.3, 0.4) is 0 Å². The standard InChI is InChI=1S/C20H27N3O4S/c1-2-28(25,26)17-9-6-8-16(14-17)22-20(24)21-15-18(19-10-7-13-27-19)23-11-4-3-5-12-23/h6-10,13-14,18H,2-5,11-12,15H2,1H3,(H2,21,22,24). The topological polar surface area (TPSA) is 91.6 Å². The molecule has 152 valence electrons. The number of anilines is 1. The lowest BCUT2D eigenvalue weighted by Crippen LogP contribution is -2.41. The van der Waals surface area contributed by atoms with Gasteiger partial charge in [0, 0.05) is 12.2 Å². The van der Waals surface area contributed by atoms with Crippen LogP contribution in [0.25, 0.3) is 0 Å². The quantitative estimate of drug-likeness (QED) is 0.736. The van der Waals surface area contributed by atoms with Gasteiger partial charge in [-0.1, -0.05) is 19.4 Å². The number of likely N-dealkylation sites (tertiary alicyclic amines) is 1. The lowest BCUT2D eigenvalue weighted by molar-refractivity contribution is 0.144. The molecule has 1 aromatic heterocycles. The van der Waals surface area contributed by atoms with Gasteiger partial charge in [0.15, 0.2) is 9.84 Å². The molecule has 0 saturated carbocycles. The molecule has 0 radical (unpaired) electrons. The number of hydrogen-bond donors (Lipinski definition) is 2. The van der Waals surface area contributed by atoms with Crippen molar-refractivity contribution in [1.29, 1.82) is 0 Å². The summed E-state index contributed by atoms with van der Waals surface area (Å²) in [4.78, 5) is 14.9. The third-order valence-corrected chi connectivity index (χ3v) is 6.72. The van der Waals surface area contributed by atoms with Gasteiger partial charge in [0.2, 0.25) is 0 Å². The van der Waals surface area contributed by atoms with E-state index >= 15 is 0 Å². The SMILES string of the molecule is CCS(=O)(=O)c1cccc(NC(=O)NCC(c2ccco2)N2CCCCC2)c1. The molecule has 7 nitrogen and oxygen atoms in total. The van der Waals surface area contributed by atoms with Crippen LogP contribution in [0.4, 0.5) is 10.5 Å². The van der Waals surface area contributed by atoms with Gasteiger partial charge in [-0.15, -0.1) is 0 Å². The predicted molar refractivity (Wildman–Crippen MR) is 108 cm³/mol. The number of furan rings is 1. The maximum absolute atomic E-state index is 12.4. The molecule has 1 aromatic carbocycles. The van der Waals surface area contributed by atoms with E-state index < -0.39 is 9.84 Å². The number of nitrogens with one attached hydrogen (secondary N) is 2. The van der Waals surface area contributed by atoms with Gasteiger partial charge in [-0.05, 0) is 56.3 Å². The number of rotatable bonds is 7. The fraction of sp³-hybridized carbons (Fsp3) is 0.450. The van der Waals surface area contributed by atoms with Gasteiger partial charge in [-0.2, -0.15) is 0 Å². The number of hydrogen-bond acceptors (Lipinski definition) is 5. The largest absolute Gasteiger partial charge is 0.468 e. The van der Waals surface area contributed by atoms with E-state index in [1.165, 1.54) is 18.6 Å². The molecule has 1 aliphatic rings. The number of amides is 2. The summed E-state index contributed by atoms with van der Waals surface area (Å²) in [6, 6.07) is 9.69. The van der Waals surface area contributed by atoms with E-state index in [0.29, 0.717) is 12.2 Å². The zero-order chi connectivity index (χ0) is 20.0. The van der Waals surface area contributed by atoms with Gasteiger partial charge in [0.25, 0.3) is 0 Å². The summed E-state index contributed by atoms with van der Waals surface area (Å²) in [5.41, 5.74) is 0.444. The van der Waals surface area contributed by atoms with Gasteiger partial charge in [-0.3, -0.25) is 4.90 Å². The fourth-order valence-electron chi connectivity index (χ4n) is 3.42. The van der Waals surface area contributed by atoms with Crippen molar-refractivity contribution in [3.63, 3.8) is 0 Å². The van der Waals surface area contributed by atoms with Gasteiger partial charge in [0.1, 0.15) is 5.76 Å². The highest BCUT2D eigenvalue weighted by molar-refractivity contribution is 7.91. The molecule has 1 atom stereocenters. The van der Waals surface area contributed by atoms with E-state index in [2.05, 4.69) is 15.5 Å². The monoisotopic (exact) mass is 405 g/mol. The molecular formula is C20H27N3O4S. The Morgan fingerprint density at radius 3 is 2.64 bits per heavy atom. The van der Waals surface area contributed by atoms with Crippen LogP contribution < -0.4 is 10.6 Å². The van der Waals surface area contributed by atoms with E-state index in [1.54, 1.807) is 25.3 Å². The van der Waals surface area contributed by atoms with Crippen LogP contribution in [0.15, 0.2) is 52.0 Å². The van der Waals surface area contributed by atoms with Crippen molar-refractivity contribution in [3.05, 3.63) is 48.4 Å². The predicted octanol–water partition coefficient (Wildman–Crippen LogP) is 3.42. The smallest absolute Gasteiger partial charge is 0.319 e. The van der Waals surface area contributed by atoms with Crippen LogP contribution in [-0.2, 0) is 9.84 Å². The average Bonchev–Trinajstić information content (AvgIpc) is 3.24. The second kappa shape index (κ2) is 9.25. The number of sulfone groups is 1. The summed E-state index contributed by atoms with van der Waals surface area (Å²) in [5.74, 6) is 0.849. The Bertz CT molecular complexity index is 875. The van der Waals surface area contributed by atoms with Gasteiger partial charge in [0.05, 0.1) is 23.0 Å². The van der Waals surface area contributed by atoms with E-state index in [1.807, 2.05) is 12.1 Å². The van der Waals surface area contributed by atoms with Gasteiger partial charge >= 0.3 is 6.03 Å². The Balaban J connectivity index is 1.63. The highest BCUT2D eigenvalue weighted by atomic mass is 32.2. The van der Waals surface area contributed by atoms with E-state index in [9.17, 15) is 13.2 Å². The first-order chi connectivity index (χ1) is 13.5. The molecule has 0 bridgehead atoms. The van der Waals surface area contributed by atoms with E-state index in [0.717, 1.165) is 31.7 Å². The molecule has 1 fully saturated rings. The maximum atomic E-state index is 12.4. The normalized spacial score (nSPS) is 16.5. The Hall–Kier alpha value is -2.32. The summed E-state index contributed by atoms with van der Waals surface area (Å²) in [6.45, 7) is 3.96. The molecule has 1 aliphatic heterocycles. The molecular weight excluding hydrogens is 378 g/mol. The second-order valence-corrected chi connectivity index (χ2v) is 9.17. The Kier molecular flexibility index (Phi) is 6.74. The van der Waals surface area contributed by atoms with Crippen LogP contribution in [0.2, 0.25) is 0 Å². The van der Waals surface area contributed by atoms with E-state index in [-0.39, 0.29) is 22.7 Å². The Labute approximate surface area is 166 Å². The van der Waals surface area contributed by atoms with Crippen LogP contribution in [0.5, 0.6) is 0 Å². The van der Waals surface area contributed by atoms with Crippen molar-refractivity contribution in [2.45, 2.75) is 37.1 Å². The van der Waals surface area contributed by atoms with Crippen LogP contribution in [-0.4, -0.2) is 44.7 Å². The minimum absolute atomic E-state index is 0.0172. The van der Waals surface area contributed by atoms with Crippen molar-refractivity contribution in [2.24, 2.45) is 0 Å². The summed E-state index contributed by atoms with van der Waals surface area (Å²) < 4.78 is 29.6. The molecule has 3 rings (SSSR count). The Morgan fingerprint density at radius 2 is 1.96 bits per heavy atom. The molecule has 2 heterocycles. The number of urea groups is 1. The van der Waals surface area contributed by atoms with Crippen LogP contribution in [0, 0.1) is 0 Å². The van der Waals surface area contributed by atoms with Crippen molar-refractivity contribution < 1.29 is 17.6 Å². The number of benzene rings is 1. The molecule has 2 N–H and O–H groups in total. The minimum Gasteiger partial charge on any atom is -0.468 e. The average molecular weight is 406 g/mol. The number of carbonyl (C=O) groups excluding carboxylic acids is 1. The second-order valence-electron chi connectivity index (χ2n) is 6.89. The zero-order valence-corrected chi connectivity index (χ0v) is 16.9. The molecule has 1 saturated heterocycles. The van der Waals surface area contributed by atoms with Crippen molar-refractivity contribution in [2.75, 3.05) is 30.7 Å². The highest BCUT2D eigenvalue weighted by Crippen LogP contribution is 2.24. The lowest BCUT2D eigenvalue weighted by Gasteiger charge is -2.33. The summed E-state index contributed by atoms with van der Waals surface area (Å²) in [7, 11) is -3.32. The lowest BCUT2D eigenvalue weighted by atomic mass is 10.1. The molecule has 28 heavy (non-hydrogen) atoms. The summed E-state index contributed by atoms with van der Waals surface area (Å²) in [6.07, 6.45) is 5.16. The maximum Gasteiger partial charge on any atom is 0.319 e. The van der Waals surface area contributed by atoms with Crippen molar-refractivity contribution in [3.8, 4) is 0 Å². The molecule has 0 aliphatic carbocycles. The number of nitrogens with zero attached hydrogens (tertiary/aromatic N) is 1. The third-order valence-electron chi connectivity index (χ3n) is 4.99. The first-order valence-corrected chi connectivity index (χ1v) is 11.3. The summed E-state index contributed by atoms with van der Waals surface area (Å²) >= 11 is 0. The Morgan fingerprint density at radius 1 is 1.18 bits per heavy atom. The van der Waals surface area contributed by atoms with Crippen LogP contribution >= 0.6 is 0 Å².